The van der Waals surface area contributed by atoms with E-state index in [1.54, 1.807) is 6.33 Å². The Balaban J connectivity index is 1.28. The Labute approximate surface area is 167 Å². The van der Waals surface area contributed by atoms with E-state index in [4.69, 9.17) is 4.74 Å². The summed E-state index contributed by atoms with van der Waals surface area (Å²) in [7, 11) is 2.23. The summed E-state index contributed by atoms with van der Waals surface area (Å²) >= 11 is 0. The van der Waals surface area contributed by atoms with Gasteiger partial charge in [0.05, 0.1) is 17.4 Å². The van der Waals surface area contributed by atoms with Crippen LogP contribution in [0, 0.1) is 11.8 Å². The summed E-state index contributed by atoms with van der Waals surface area (Å²) < 4.78 is 5.99. The van der Waals surface area contributed by atoms with Gasteiger partial charge in [-0.05, 0) is 61.7 Å². The Morgan fingerprint density at radius 2 is 1.86 bits per heavy atom. The standard InChI is InChI=1S/C24H31N3O/c1-18-5-3-4-6-20(18)13-14-27(2)16-19-7-9-21(10-8-19)28-22-11-12-23-24(15-22)26-17-25-23/h7-12,15,17-18,20H,3-6,13-14,16H2,1-2H3,(H,25,26). The zero-order valence-corrected chi connectivity index (χ0v) is 17.0. The lowest BCUT2D eigenvalue weighted by Gasteiger charge is -2.30. The molecule has 1 N–H and O–H groups in total. The van der Waals surface area contributed by atoms with Crippen LogP contribution < -0.4 is 4.74 Å². The summed E-state index contributed by atoms with van der Waals surface area (Å²) in [6.45, 7) is 4.60. The second-order valence-electron chi connectivity index (χ2n) is 8.38. The van der Waals surface area contributed by atoms with E-state index in [0.29, 0.717) is 0 Å². The summed E-state index contributed by atoms with van der Waals surface area (Å²) in [6.07, 6.45) is 8.73. The van der Waals surface area contributed by atoms with Crippen LogP contribution in [0.2, 0.25) is 0 Å². The highest BCUT2D eigenvalue weighted by molar-refractivity contribution is 5.76. The van der Waals surface area contributed by atoms with Crippen LogP contribution in [0.1, 0.15) is 44.6 Å². The first kappa shape index (κ1) is 19.0. The molecule has 1 saturated carbocycles. The van der Waals surface area contributed by atoms with Crippen LogP contribution in [0.5, 0.6) is 11.5 Å². The molecule has 0 bridgehead atoms. The molecule has 4 heteroatoms. The zero-order chi connectivity index (χ0) is 19.3. The van der Waals surface area contributed by atoms with E-state index >= 15 is 0 Å². The summed E-state index contributed by atoms with van der Waals surface area (Å²) in [5.41, 5.74) is 3.27. The number of aromatic amines is 1. The predicted octanol–water partition coefficient (Wildman–Crippen LogP) is 6.00. The van der Waals surface area contributed by atoms with Gasteiger partial charge in [0, 0.05) is 12.6 Å². The molecule has 4 rings (SSSR count). The van der Waals surface area contributed by atoms with Gasteiger partial charge in [-0.15, -0.1) is 0 Å². The second-order valence-corrected chi connectivity index (χ2v) is 8.38. The molecule has 1 heterocycles. The van der Waals surface area contributed by atoms with Crippen LogP contribution in [-0.2, 0) is 6.54 Å². The third kappa shape index (κ3) is 4.74. The van der Waals surface area contributed by atoms with Crippen molar-refractivity contribution in [3.05, 3.63) is 54.4 Å². The van der Waals surface area contributed by atoms with Crippen molar-refractivity contribution >= 4 is 11.0 Å². The van der Waals surface area contributed by atoms with Crippen molar-refractivity contribution in [3.8, 4) is 11.5 Å². The van der Waals surface area contributed by atoms with Gasteiger partial charge in [-0.1, -0.05) is 44.7 Å². The van der Waals surface area contributed by atoms with Crippen LogP contribution >= 0.6 is 0 Å². The Morgan fingerprint density at radius 1 is 1.07 bits per heavy atom. The highest BCUT2D eigenvalue weighted by Gasteiger charge is 2.21. The normalized spacial score (nSPS) is 20.0. The molecular formula is C24H31N3O. The zero-order valence-electron chi connectivity index (χ0n) is 17.0. The van der Waals surface area contributed by atoms with Gasteiger partial charge in [0.1, 0.15) is 11.5 Å². The Bertz CT molecular complexity index is 886. The molecule has 1 fully saturated rings. The van der Waals surface area contributed by atoms with Crippen molar-refractivity contribution in [2.75, 3.05) is 13.6 Å². The molecule has 28 heavy (non-hydrogen) atoms. The molecule has 4 nitrogen and oxygen atoms in total. The molecule has 2 unspecified atom stereocenters. The number of hydrogen-bond donors (Lipinski definition) is 1. The largest absolute Gasteiger partial charge is 0.457 e. The van der Waals surface area contributed by atoms with Crippen molar-refractivity contribution in [2.24, 2.45) is 11.8 Å². The van der Waals surface area contributed by atoms with Crippen molar-refractivity contribution in [1.29, 1.82) is 0 Å². The Hall–Kier alpha value is -2.33. The van der Waals surface area contributed by atoms with Crippen LogP contribution in [0.25, 0.3) is 11.0 Å². The number of fused-ring (bicyclic) bond motifs is 1. The minimum Gasteiger partial charge on any atom is -0.457 e. The molecule has 0 spiro atoms. The first-order valence-corrected chi connectivity index (χ1v) is 10.6. The average Bonchev–Trinajstić information content (AvgIpc) is 3.17. The molecule has 0 saturated heterocycles. The molecule has 1 aromatic heterocycles. The molecule has 1 aliphatic carbocycles. The van der Waals surface area contributed by atoms with Gasteiger partial charge in [0.25, 0.3) is 0 Å². The maximum atomic E-state index is 5.99. The molecule has 2 aromatic carbocycles. The van der Waals surface area contributed by atoms with E-state index in [9.17, 15) is 0 Å². The van der Waals surface area contributed by atoms with Gasteiger partial charge in [0.15, 0.2) is 0 Å². The number of aromatic nitrogens is 2. The fourth-order valence-electron chi connectivity index (χ4n) is 4.38. The molecule has 0 amide bonds. The van der Waals surface area contributed by atoms with Gasteiger partial charge in [-0.25, -0.2) is 4.98 Å². The number of imidazole rings is 1. The molecule has 1 aliphatic rings. The summed E-state index contributed by atoms with van der Waals surface area (Å²) in [4.78, 5) is 9.80. The van der Waals surface area contributed by atoms with Gasteiger partial charge in [-0.2, -0.15) is 0 Å². The van der Waals surface area contributed by atoms with E-state index in [2.05, 4.69) is 53.1 Å². The van der Waals surface area contributed by atoms with E-state index in [1.165, 1.54) is 44.2 Å². The van der Waals surface area contributed by atoms with Crippen molar-refractivity contribution in [1.82, 2.24) is 14.9 Å². The monoisotopic (exact) mass is 377 g/mol. The Kier molecular flexibility index (Phi) is 5.96. The topological polar surface area (TPSA) is 41.1 Å². The second kappa shape index (κ2) is 8.78. The van der Waals surface area contributed by atoms with Crippen LogP contribution in [0.4, 0.5) is 0 Å². The van der Waals surface area contributed by atoms with Crippen LogP contribution in [0.15, 0.2) is 48.8 Å². The minimum atomic E-state index is 0.822. The molecule has 2 atom stereocenters. The third-order valence-electron chi connectivity index (χ3n) is 6.17. The van der Waals surface area contributed by atoms with Gasteiger partial charge in [0.2, 0.25) is 0 Å². The summed E-state index contributed by atoms with van der Waals surface area (Å²) in [6, 6.07) is 14.4. The number of ether oxygens (including phenoxy) is 1. The van der Waals surface area contributed by atoms with Crippen molar-refractivity contribution < 1.29 is 4.74 Å². The average molecular weight is 378 g/mol. The first-order valence-electron chi connectivity index (χ1n) is 10.6. The van der Waals surface area contributed by atoms with E-state index in [-0.39, 0.29) is 0 Å². The lowest BCUT2D eigenvalue weighted by molar-refractivity contribution is 0.207. The predicted molar refractivity (Wildman–Crippen MR) is 115 cm³/mol. The van der Waals surface area contributed by atoms with Crippen molar-refractivity contribution in [3.63, 3.8) is 0 Å². The lowest BCUT2D eigenvalue weighted by atomic mass is 9.78. The fourth-order valence-corrected chi connectivity index (χ4v) is 4.38. The number of rotatable bonds is 7. The molecule has 148 valence electrons. The maximum Gasteiger partial charge on any atom is 0.129 e. The summed E-state index contributed by atoms with van der Waals surface area (Å²) in [5, 5.41) is 0. The minimum absolute atomic E-state index is 0.822. The molecular weight excluding hydrogens is 346 g/mol. The van der Waals surface area contributed by atoms with Gasteiger partial charge in [-0.3, -0.25) is 0 Å². The smallest absolute Gasteiger partial charge is 0.129 e. The molecule has 3 aromatic rings. The van der Waals surface area contributed by atoms with E-state index < -0.39 is 0 Å². The fraction of sp³-hybridized carbons (Fsp3) is 0.458. The van der Waals surface area contributed by atoms with E-state index in [0.717, 1.165) is 40.9 Å². The number of hydrogen-bond acceptors (Lipinski definition) is 3. The van der Waals surface area contributed by atoms with Gasteiger partial charge >= 0.3 is 0 Å². The lowest BCUT2D eigenvalue weighted by Crippen LogP contribution is -2.25. The van der Waals surface area contributed by atoms with Crippen LogP contribution in [-0.4, -0.2) is 28.5 Å². The summed E-state index contributed by atoms with van der Waals surface area (Å²) in [5.74, 6) is 3.50. The van der Waals surface area contributed by atoms with Crippen molar-refractivity contribution in [2.45, 2.75) is 45.6 Å². The number of benzene rings is 2. The SMILES string of the molecule is CC1CCCCC1CCN(C)Cc1ccc(Oc2ccc3nc[nH]c3c2)cc1. The van der Waals surface area contributed by atoms with E-state index in [1.807, 2.05) is 18.2 Å². The number of nitrogens with one attached hydrogen (secondary N) is 1. The first-order chi connectivity index (χ1) is 13.7. The maximum absolute atomic E-state index is 5.99. The third-order valence-corrected chi connectivity index (χ3v) is 6.17. The van der Waals surface area contributed by atoms with Crippen LogP contribution in [0.3, 0.4) is 0 Å². The quantitative estimate of drug-likeness (QED) is 0.549. The van der Waals surface area contributed by atoms with Gasteiger partial charge < -0.3 is 14.6 Å². The molecule has 0 aliphatic heterocycles. The highest BCUT2D eigenvalue weighted by atomic mass is 16.5. The molecule has 0 radical (unpaired) electrons. The Morgan fingerprint density at radius 3 is 2.68 bits per heavy atom. The highest BCUT2D eigenvalue weighted by Crippen LogP contribution is 2.32. The number of H-pyrrole nitrogens is 1. The number of nitrogens with zero attached hydrogens (tertiary/aromatic N) is 2.